The maximum atomic E-state index is 10.7. The Labute approximate surface area is 67.7 Å². The second-order valence-electron chi connectivity index (χ2n) is 1.85. The van der Waals surface area contributed by atoms with Crippen molar-refractivity contribution in [2.24, 2.45) is 5.73 Å². The summed E-state index contributed by atoms with van der Waals surface area (Å²) in [4.78, 5) is 24.8. The number of hydrogen-bond donors (Lipinski definition) is 5. The van der Waals surface area contributed by atoms with Crippen LogP contribution in [0.2, 0.25) is 0 Å². The molecule has 0 heterocycles. The van der Waals surface area contributed by atoms with Crippen LogP contribution in [0.3, 0.4) is 0 Å². The van der Waals surface area contributed by atoms with Crippen LogP contribution in [-0.4, -0.2) is 32.2 Å². The monoisotopic (exact) mass is 221 g/mol. The van der Waals surface area contributed by atoms with Gasteiger partial charge in [-0.1, -0.05) is 0 Å². The lowest BCUT2D eigenvalue weighted by atomic mass is 10.7. The zero-order chi connectivity index (χ0) is 9.99. The van der Waals surface area contributed by atoms with E-state index in [-0.39, 0.29) is 0 Å². The number of aliphatic hydroxyl groups excluding tert-OH is 1. The Hall–Kier alpha value is 0.220. The lowest BCUT2D eigenvalue weighted by Crippen LogP contribution is -2.20. The molecule has 0 aliphatic carbocycles. The summed E-state index contributed by atoms with van der Waals surface area (Å²) in [5.74, 6) is -2.00. The fourth-order valence-corrected chi connectivity index (χ4v) is 2.26. The number of rotatable bonds is 4. The van der Waals surface area contributed by atoms with Crippen LogP contribution in [0, 0.1) is 0 Å². The summed E-state index contributed by atoms with van der Waals surface area (Å²) in [5.41, 5.74) is 4.76. The summed E-state index contributed by atoms with van der Waals surface area (Å²) in [7, 11) is -9.82. The molecule has 0 aromatic rings. The van der Waals surface area contributed by atoms with Crippen LogP contribution in [0.5, 0.6) is 0 Å². The SMILES string of the molecule is NCC(O)P(=O)(O)OP(=O)(O)O. The molecule has 2 atom stereocenters. The van der Waals surface area contributed by atoms with Gasteiger partial charge >= 0.3 is 15.4 Å². The highest BCUT2D eigenvalue weighted by atomic mass is 31.3. The predicted molar refractivity (Wildman–Crippen MR) is 38.0 cm³/mol. The van der Waals surface area contributed by atoms with Gasteiger partial charge in [-0.3, -0.25) is 4.57 Å². The Balaban J connectivity index is 4.44. The average Bonchev–Trinajstić information content (AvgIpc) is 1.80. The van der Waals surface area contributed by atoms with Crippen molar-refractivity contribution in [3.63, 3.8) is 0 Å². The van der Waals surface area contributed by atoms with Crippen LogP contribution in [0.15, 0.2) is 0 Å². The number of nitrogens with two attached hydrogens (primary N) is 1. The van der Waals surface area contributed by atoms with E-state index in [1.165, 1.54) is 0 Å². The van der Waals surface area contributed by atoms with Gasteiger partial charge in [0.15, 0.2) is 5.85 Å². The summed E-state index contributed by atoms with van der Waals surface area (Å²) in [5, 5.41) is 8.64. The molecule has 0 aromatic carbocycles. The van der Waals surface area contributed by atoms with Crippen molar-refractivity contribution in [2.45, 2.75) is 5.85 Å². The summed E-state index contributed by atoms with van der Waals surface area (Å²) >= 11 is 0. The molecule has 0 fully saturated rings. The van der Waals surface area contributed by atoms with Gasteiger partial charge in [0.2, 0.25) is 0 Å². The van der Waals surface area contributed by atoms with E-state index in [0.717, 1.165) is 0 Å². The number of phosphoric acid groups is 1. The molecule has 10 heteroatoms. The van der Waals surface area contributed by atoms with Gasteiger partial charge in [0.1, 0.15) is 0 Å². The minimum Gasteiger partial charge on any atom is -0.379 e. The molecule has 2 unspecified atom stereocenters. The summed E-state index contributed by atoms with van der Waals surface area (Å²) < 4.78 is 24.2. The molecule has 0 rings (SSSR count). The molecule has 0 amide bonds. The van der Waals surface area contributed by atoms with Gasteiger partial charge in [-0.25, -0.2) is 8.88 Å². The Morgan fingerprint density at radius 3 is 2.00 bits per heavy atom. The highest BCUT2D eigenvalue weighted by Crippen LogP contribution is 2.58. The topological polar surface area (TPSA) is 150 Å². The summed E-state index contributed by atoms with van der Waals surface area (Å²) in [6.45, 7) is -0.631. The Bertz CT molecular complexity index is 234. The van der Waals surface area contributed by atoms with Gasteiger partial charge in [0.05, 0.1) is 0 Å². The highest BCUT2D eigenvalue weighted by Gasteiger charge is 2.36. The molecule has 6 N–H and O–H groups in total. The molecule has 0 saturated carbocycles. The van der Waals surface area contributed by atoms with E-state index in [1.807, 2.05) is 0 Å². The van der Waals surface area contributed by atoms with Crippen LogP contribution < -0.4 is 5.73 Å². The number of hydrogen-bond acceptors (Lipinski definition) is 5. The molecule has 0 aromatic heterocycles. The normalized spacial score (nSPS) is 20.1. The summed E-state index contributed by atoms with van der Waals surface area (Å²) in [6, 6.07) is 0. The van der Waals surface area contributed by atoms with Crippen molar-refractivity contribution in [2.75, 3.05) is 6.54 Å². The van der Waals surface area contributed by atoms with Crippen LogP contribution in [0.4, 0.5) is 0 Å². The predicted octanol–water partition coefficient (Wildman–Crippen LogP) is -1.44. The van der Waals surface area contributed by atoms with E-state index in [9.17, 15) is 9.13 Å². The Morgan fingerprint density at radius 2 is 1.75 bits per heavy atom. The molecule has 0 aliphatic heterocycles. The van der Waals surface area contributed by atoms with E-state index in [0.29, 0.717) is 0 Å². The Kier molecular flexibility index (Phi) is 4.02. The maximum absolute atomic E-state index is 10.7. The van der Waals surface area contributed by atoms with Gasteiger partial charge in [-0.2, -0.15) is 0 Å². The fourth-order valence-electron chi connectivity index (χ4n) is 0.340. The molecule has 74 valence electrons. The summed E-state index contributed by atoms with van der Waals surface area (Å²) in [6.07, 6.45) is 0. The van der Waals surface area contributed by atoms with E-state index >= 15 is 0 Å². The average molecular weight is 221 g/mol. The minimum atomic E-state index is -5.08. The van der Waals surface area contributed by atoms with Crippen LogP contribution in [0.25, 0.3) is 0 Å². The molecular formula is C2H9NO7P2. The first-order chi connectivity index (χ1) is 5.19. The van der Waals surface area contributed by atoms with Crippen molar-refractivity contribution in [1.82, 2.24) is 0 Å². The van der Waals surface area contributed by atoms with Gasteiger partial charge in [0.25, 0.3) is 0 Å². The molecule has 0 bridgehead atoms. The molecular weight excluding hydrogens is 212 g/mol. The molecule has 8 nitrogen and oxygen atoms in total. The van der Waals surface area contributed by atoms with Crippen molar-refractivity contribution in [3.05, 3.63) is 0 Å². The van der Waals surface area contributed by atoms with Crippen molar-refractivity contribution < 1.29 is 33.2 Å². The third-order valence-corrected chi connectivity index (χ3v) is 3.56. The van der Waals surface area contributed by atoms with Crippen LogP contribution in [-0.2, 0) is 13.4 Å². The zero-order valence-electron chi connectivity index (χ0n) is 5.77. The molecule has 0 aliphatic rings. The third-order valence-electron chi connectivity index (χ3n) is 0.811. The van der Waals surface area contributed by atoms with Crippen molar-refractivity contribution >= 4 is 15.4 Å². The minimum absolute atomic E-state index is 0.631. The van der Waals surface area contributed by atoms with Crippen LogP contribution in [0.1, 0.15) is 0 Å². The molecule has 0 radical (unpaired) electrons. The molecule has 12 heavy (non-hydrogen) atoms. The van der Waals surface area contributed by atoms with Gasteiger partial charge in [-0.15, -0.1) is 0 Å². The smallest absolute Gasteiger partial charge is 0.379 e. The van der Waals surface area contributed by atoms with Crippen LogP contribution >= 0.6 is 15.4 Å². The second-order valence-corrected chi connectivity index (χ2v) is 5.21. The maximum Gasteiger partial charge on any atom is 0.476 e. The van der Waals surface area contributed by atoms with Gasteiger partial charge < -0.3 is 25.5 Å². The van der Waals surface area contributed by atoms with Gasteiger partial charge in [0, 0.05) is 6.54 Å². The standard InChI is InChI=1S/C2H9NO7P2/c3-1-2(4)11(5,6)10-12(7,8)9/h2,4H,1,3H2,(H,5,6)(H2,7,8,9). The quantitative estimate of drug-likeness (QED) is 0.362. The highest BCUT2D eigenvalue weighted by molar-refractivity contribution is 7.63. The van der Waals surface area contributed by atoms with E-state index in [2.05, 4.69) is 4.31 Å². The third kappa shape index (κ3) is 4.30. The zero-order valence-corrected chi connectivity index (χ0v) is 7.56. The van der Waals surface area contributed by atoms with E-state index in [4.69, 9.17) is 25.5 Å². The first kappa shape index (κ1) is 12.2. The van der Waals surface area contributed by atoms with Gasteiger partial charge in [-0.05, 0) is 0 Å². The first-order valence-electron chi connectivity index (χ1n) is 2.66. The molecule has 0 saturated heterocycles. The largest absolute Gasteiger partial charge is 0.476 e. The van der Waals surface area contributed by atoms with E-state index < -0.39 is 27.8 Å². The van der Waals surface area contributed by atoms with E-state index in [1.54, 1.807) is 0 Å². The Morgan fingerprint density at radius 1 is 1.33 bits per heavy atom. The second kappa shape index (κ2) is 3.95. The van der Waals surface area contributed by atoms with Crippen molar-refractivity contribution in [1.29, 1.82) is 0 Å². The van der Waals surface area contributed by atoms with Crippen molar-refractivity contribution in [3.8, 4) is 0 Å². The first-order valence-corrected chi connectivity index (χ1v) is 5.84. The number of aliphatic hydroxyl groups is 1. The lowest BCUT2D eigenvalue weighted by Gasteiger charge is -2.16. The fraction of sp³-hybridized carbons (Fsp3) is 1.00. The molecule has 0 spiro atoms. The lowest BCUT2D eigenvalue weighted by molar-refractivity contribution is 0.194.